The number of nitrogens with two attached hydrogens (primary N) is 1. The molecule has 1 saturated carbocycles. The average Bonchev–Trinajstić information content (AvgIpc) is 3.32. The van der Waals surface area contributed by atoms with E-state index < -0.39 is 0 Å². The molecule has 3 N–H and O–H groups in total. The summed E-state index contributed by atoms with van der Waals surface area (Å²) in [6.07, 6.45) is 3.96. The number of hydrogen-bond acceptors (Lipinski definition) is 3. The standard InChI is InChI=1S/C22H24FN3O/c23-19-7-5-16(6-8-19)17-3-4-18-11-21(26-20(18)10-17)22(27)25-13-15-2-1-14(9-15)12-24/h3-8,10,14-15H,1-2,9,11-13,24H2,(H,25,27)/t14-,15-/m0/s1. The third-order valence-corrected chi connectivity index (χ3v) is 5.67. The van der Waals surface area contributed by atoms with Gasteiger partial charge in [-0.25, -0.2) is 9.38 Å². The van der Waals surface area contributed by atoms with Gasteiger partial charge in [0.2, 0.25) is 0 Å². The average molecular weight is 365 g/mol. The molecule has 1 aliphatic carbocycles. The molecule has 4 nitrogen and oxygen atoms in total. The maximum absolute atomic E-state index is 13.1. The SMILES string of the molecule is NC[C@H]1CC[C@H](CNC(=O)C2=Nc3cc(-c4ccc(F)cc4)ccc3C2)C1. The smallest absolute Gasteiger partial charge is 0.266 e. The van der Waals surface area contributed by atoms with Crippen molar-refractivity contribution in [2.24, 2.45) is 22.6 Å². The Morgan fingerprint density at radius 3 is 2.59 bits per heavy atom. The van der Waals surface area contributed by atoms with Crippen LogP contribution in [-0.4, -0.2) is 24.7 Å². The summed E-state index contributed by atoms with van der Waals surface area (Å²) >= 11 is 0. The quantitative estimate of drug-likeness (QED) is 0.850. The van der Waals surface area contributed by atoms with Crippen LogP contribution in [0.4, 0.5) is 10.1 Å². The molecule has 4 rings (SSSR count). The zero-order chi connectivity index (χ0) is 18.8. The van der Waals surface area contributed by atoms with Crippen molar-refractivity contribution in [3.05, 3.63) is 53.8 Å². The molecule has 0 unspecified atom stereocenters. The first-order valence-electron chi connectivity index (χ1n) is 9.57. The van der Waals surface area contributed by atoms with Gasteiger partial charge in [-0.15, -0.1) is 0 Å². The van der Waals surface area contributed by atoms with Crippen LogP contribution in [0.25, 0.3) is 11.1 Å². The Kier molecular flexibility index (Phi) is 5.03. The van der Waals surface area contributed by atoms with E-state index in [1.165, 1.54) is 12.1 Å². The van der Waals surface area contributed by atoms with Crippen molar-refractivity contribution >= 4 is 17.3 Å². The molecular formula is C22H24FN3O. The van der Waals surface area contributed by atoms with Crippen LogP contribution in [0.1, 0.15) is 24.8 Å². The fourth-order valence-corrected chi connectivity index (χ4v) is 4.05. The number of nitrogens with zero attached hydrogens (tertiary/aromatic N) is 1. The molecule has 0 radical (unpaired) electrons. The highest BCUT2D eigenvalue weighted by atomic mass is 19.1. The minimum Gasteiger partial charge on any atom is -0.351 e. The number of rotatable bonds is 5. The van der Waals surface area contributed by atoms with Gasteiger partial charge in [-0.1, -0.05) is 24.3 Å². The third-order valence-electron chi connectivity index (χ3n) is 5.67. The van der Waals surface area contributed by atoms with Crippen molar-refractivity contribution in [3.8, 4) is 11.1 Å². The minimum absolute atomic E-state index is 0.0780. The van der Waals surface area contributed by atoms with Gasteiger partial charge in [-0.3, -0.25) is 4.79 Å². The molecule has 0 spiro atoms. The number of halogens is 1. The summed E-state index contributed by atoms with van der Waals surface area (Å²) in [5.74, 6) is 0.796. The highest BCUT2D eigenvalue weighted by Gasteiger charge is 2.26. The van der Waals surface area contributed by atoms with Gasteiger partial charge in [0.1, 0.15) is 11.5 Å². The number of carbonyl (C=O) groups excluding carboxylic acids is 1. The van der Waals surface area contributed by atoms with Gasteiger partial charge in [-0.05, 0) is 72.5 Å². The van der Waals surface area contributed by atoms with Crippen molar-refractivity contribution < 1.29 is 9.18 Å². The van der Waals surface area contributed by atoms with Gasteiger partial charge < -0.3 is 11.1 Å². The molecule has 5 heteroatoms. The highest BCUT2D eigenvalue weighted by molar-refractivity contribution is 6.40. The Morgan fingerprint density at radius 2 is 1.85 bits per heavy atom. The first kappa shape index (κ1) is 17.9. The van der Waals surface area contributed by atoms with E-state index in [2.05, 4.69) is 10.3 Å². The number of amides is 1. The second kappa shape index (κ2) is 7.61. The molecule has 1 aliphatic heterocycles. The molecule has 0 saturated heterocycles. The van der Waals surface area contributed by atoms with Crippen molar-refractivity contribution in [3.63, 3.8) is 0 Å². The van der Waals surface area contributed by atoms with Crippen LogP contribution in [0.15, 0.2) is 47.5 Å². The first-order chi connectivity index (χ1) is 13.1. The molecule has 0 bridgehead atoms. The zero-order valence-corrected chi connectivity index (χ0v) is 15.2. The Morgan fingerprint density at radius 1 is 1.11 bits per heavy atom. The molecule has 27 heavy (non-hydrogen) atoms. The molecule has 1 heterocycles. The molecule has 2 aliphatic rings. The van der Waals surface area contributed by atoms with Crippen LogP contribution in [0.5, 0.6) is 0 Å². The second-order valence-electron chi connectivity index (χ2n) is 7.58. The Hall–Kier alpha value is -2.53. The van der Waals surface area contributed by atoms with E-state index in [-0.39, 0.29) is 11.7 Å². The van der Waals surface area contributed by atoms with Gasteiger partial charge in [0.25, 0.3) is 5.91 Å². The van der Waals surface area contributed by atoms with Crippen molar-refractivity contribution in [2.45, 2.75) is 25.7 Å². The molecule has 0 aromatic heterocycles. The van der Waals surface area contributed by atoms with E-state index in [4.69, 9.17) is 5.73 Å². The largest absolute Gasteiger partial charge is 0.351 e. The van der Waals surface area contributed by atoms with Crippen LogP contribution >= 0.6 is 0 Å². The first-order valence-corrected chi connectivity index (χ1v) is 9.57. The molecule has 2 aromatic rings. The Bertz CT molecular complexity index is 876. The van der Waals surface area contributed by atoms with Crippen LogP contribution in [0.2, 0.25) is 0 Å². The van der Waals surface area contributed by atoms with Gasteiger partial charge in [0, 0.05) is 13.0 Å². The fourth-order valence-electron chi connectivity index (χ4n) is 4.05. The summed E-state index contributed by atoms with van der Waals surface area (Å²) in [5, 5.41) is 3.05. The summed E-state index contributed by atoms with van der Waals surface area (Å²) in [4.78, 5) is 17.0. The number of aliphatic imine (C=N–C) groups is 1. The van der Waals surface area contributed by atoms with Crippen LogP contribution in [-0.2, 0) is 11.2 Å². The summed E-state index contributed by atoms with van der Waals surface area (Å²) in [5.41, 5.74) is 10.1. The van der Waals surface area contributed by atoms with Gasteiger partial charge in [0.15, 0.2) is 0 Å². The monoisotopic (exact) mass is 365 g/mol. The van der Waals surface area contributed by atoms with E-state index in [0.717, 1.165) is 48.2 Å². The number of benzene rings is 2. The van der Waals surface area contributed by atoms with Crippen molar-refractivity contribution in [2.75, 3.05) is 13.1 Å². The van der Waals surface area contributed by atoms with Gasteiger partial charge in [-0.2, -0.15) is 0 Å². The molecular weight excluding hydrogens is 341 g/mol. The summed E-state index contributed by atoms with van der Waals surface area (Å²) in [6.45, 7) is 1.44. The van der Waals surface area contributed by atoms with E-state index in [1.54, 1.807) is 12.1 Å². The lowest BCUT2D eigenvalue weighted by Crippen LogP contribution is -2.34. The number of hydrogen-bond donors (Lipinski definition) is 2. The van der Waals surface area contributed by atoms with Gasteiger partial charge in [0.05, 0.1) is 5.69 Å². The van der Waals surface area contributed by atoms with Crippen LogP contribution in [0, 0.1) is 17.7 Å². The minimum atomic E-state index is -0.253. The highest BCUT2D eigenvalue weighted by Crippen LogP contribution is 2.32. The second-order valence-corrected chi connectivity index (χ2v) is 7.58. The van der Waals surface area contributed by atoms with E-state index in [0.29, 0.717) is 30.5 Å². The summed E-state index contributed by atoms with van der Waals surface area (Å²) in [6, 6.07) is 12.4. The van der Waals surface area contributed by atoms with Gasteiger partial charge >= 0.3 is 0 Å². The third kappa shape index (κ3) is 3.93. The lowest BCUT2D eigenvalue weighted by atomic mass is 10.0. The van der Waals surface area contributed by atoms with Crippen LogP contribution in [0.3, 0.4) is 0 Å². The number of nitrogens with one attached hydrogen (secondary N) is 1. The maximum Gasteiger partial charge on any atom is 0.266 e. The number of carbonyl (C=O) groups is 1. The molecule has 1 amide bonds. The topological polar surface area (TPSA) is 67.5 Å². The molecule has 2 aromatic carbocycles. The van der Waals surface area contributed by atoms with E-state index in [9.17, 15) is 9.18 Å². The maximum atomic E-state index is 13.1. The van der Waals surface area contributed by atoms with E-state index in [1.807, 2.05) is 18.2 Å². The molecule has 140 valence electrons. The number of fused-ring (bicyclic) bond motifs is 1. The predicted molar refractivity (Wildman–Crippen MR) is 106 cm³/mol. The molecule has 2 atom stereocenters. The summed E-state index contributed by atoms with van der Waals surface area (Å²) < 4.78 is 13.1. The zero-order valence-electron chi connectivity index (χ0n) is 15.2. The normalized spacial score (nSPS) is 21.0. The molecule has 1 fully saturated rings. The predicted octanol–water partition coefficient (Wildman–Crippen LogP) is 3.61. The Balaban J connectivity index is 1.41. The van der Waals surface area contributed by atoms with Crippen molar-refractivity contribution in [1.82, 2.24) is 5.32 Å². The lowest BCUT2D eigenvalue weighted by molar-refractivity contribution is -0.115. The van der Waals surface area contributed by atoms with E-state index >= 15 is 0 Å². The van der Waals surface area contributed by atoms with Crippen molar-refractivity contribution in [1.29, 1.82) is 0 Å². The van der Waals surface area contributed by atoms with Crippen LogP contribution < -0.4 is 11.1 Å². The Labute approximate surface area is 158 Å². The lowest BCUT2D eigenvalue weighted by Gasteiger charge is -2.11. The fraction of sp³-hybridized carbons (Fsp3) is 0.364. The summed E-state index contributed by atoms with van der Waals surface area (Å²) in [7, 11) is 0.